The Morgan fingerprint density at radius 2 is 1.60 bits per heavy atom. The van der Waals surface area contributed by atoms with Gasteiger partial charge in [-0.25, -0.2) is 0 Å². The average Bonchev–Trinajstić information content (AvgIpc) is 2.74. The molecule has 154 valence electrons. The first-order chi connectivity index (χ1) is 14.5. The number of nitrogens with one attached hydrogen (secondary N) is 1. The van der Waals surface area contributed by atoms with Crippen molar-refractivity contribution in [3.8, 4) is 11.5 Å². The number of aryl methyl sites for hydroxylation is 1. The van der Waals surface area contributed by atoms with Crippen LogP contribution in [0.3, 0.4) is 0 Å². The Bertz CT molecular complexity index is 1050. The number of benzene rings is 3. The Morgan fingerprint density at radius 3 is 2.27 bits per heavy atom. The molecule has 0 atom stereocenters. The summed E-state index contributed by atoms with van der Waals surface area (Å²) in [6.07, 6.45) is 0. The number of primary amides is 1. The van der Waals surface area contributed by atoms with E-state index in [0.29, 0.717) is 29.2 Å². The van der Waals surface area contributed by atoms with Crippen LogP contribution in [0.1, 0.15) is 38.8 Å². The van der Waals surface area contributed by atoms with Gasteiger partial charge in [-0.3, -0.25) is 9.59 Å². The molecule has 0 aliphatic carbocycles. The molecule has 3 aromatic rings. The smallest absolute Gasteiger partial charge is 0.255 e. The number of hydrogen-bond donors (Lipinski definition) is 2. The molecule has 0 bridgehead atoms. The molecule has 0 aliphatic rings. The van der Waals surface area contributed by atoms with Gasteiger partial charge >= 0.3 is 0 Å². The van der Waals surface area contributed by atoms with E-state index >= 15 is 0 Å². The topological polar surface area (TPSA) is 90.6 Å². The molecule has 3 rings (SSSR count). The van der Waals surface area contributed by atoms with Crippen LogP contribution in [-0.2, 0) is 6.61 Å². The third kappa shape index (κ3) is 5.17. The number of ether oxygens (including phenoxy) is 2. The highest BCUT2D eigenvalue weighted by Crippen LogP contribution is 2.25. The molecule has 0 aromatic heterocycles. The van der Waals surface area contributed by atoms with E-state index < -0.39 is 5.91 Å². The summed E-state index contributed by atoms with van der Waals surface area (Å²) in [6.45, 7) is 4.66. The number of carbonyl (C=O) groups excluding carboxylic acids is 2. The fourth-order valence-electron chi connectivity index (χ4n) is 2.92. The van der Waals surface area contributed by atoms with Crippen molar-refractivity contribution in [3.05, 3.63) is 89.0 Å². The molecular weight excluding hydrogens is 380 g/mol. The first-order valence-electron chi connectivity index (χ1n) is 9.63. The van der Waals surface area contributed by atoms with Crippen molar-refractivity contribution in [1.82, 2.24) is 0 Å². The summed E-state index contributed by atoms with van der Waals surface area (Å²) in [5.74, 6) is 0.664. The number of amides is 2. The first kappa shape index (κ1) is 20.9. The predicted molar refractivity (Wildman–Crippen MR) is 116 cm³/mol. The van der Waals surface area contributed by atoms with Crippen LogP contribution in [0.25, 0.3) is 0 Å². The van der Waals surface area contributed by atoms with Crippen LogP contribution in [0.2, 0.25) is 0 Å². The molecular formula is C24H24N2O4. The molecule has 30 heavy (non-hydrogen) atoms. The van der Waals surface area contributed by atoms with E-state index in [1.807, 2.05) is 38.1 Å². The minimum atomic E-state index is -0.516. The number of carbonyl (C=O) groups is 2. The third-order valence-corrected chi connectivity index (χ3v) is 4.53. The normalized spacial score (nSPS) is 10.3. The highest BCUT2D eigenvalue weighted by molar-refractivity contribution is 6.04. The summed E-state index contributed by atoms with van der Waals surface area (Å²) in [5, 5.41) is 2.81. The zero-order chi connectivity index (χ0) is 21.5. The predicted octanol–water partition coefficient (Wildman–Crippen LogP) is 4.32. The quantitative estimate of drug-likeness (QED) is 0.585. The van der Waals surface area contributed by atoms with Crippen LogP contribution in [-0.4, -0.2) is 18.4 Å². The summed E-state index contributed by atoms with van der Waals surface area (Å²) in [6, 6.07) is 19.4. The molecule has 0 fully saturated rings. The van der Waals surface area contributed by atoms with Crippen LogP contribution < -0.4 is 20.5 Å². The van der Waals surface area contributed by atoms with Crippen molar-refractivity contribution in [3.63, 3.8) is 0 Å². The van der Waals surface area contributed by atoms with E-state index in [1.165, 1.54) is 0 Å². The minimum Gasteiger partial charge on any atom is -0.493 e. The van der Waals surface area contributed by atoms with Crippen molar-refractivity contribution in [2.24, 2.45) is 5.73 Å². The van der Waals surface area contributed by atoms with E-state index in [1.54, 1.807) is 42.5 Å². The fraction of sp³-hybridized carbons (Fsp3) is 0.167. The van der Waals surface area contributed by atoms with Crippen molar-refractivity contribution in [1.29, 1.82) is 0 Å². The largest absolute Gasteiger partial charge is 0.493 e. The molecule has 0 unspecified atom stereocenters. The molecule has 3 aromatic carbocycles. The van der Waals surface area contributed by atoms with Gasteiger partial charge in [-0.15, -0.1) is 0 Å². The molecule has 0 heterocycles. The molecule has 0 aliphatic heterocycles. The zero-order valence-corrected chi connectivity index (χ0v) is 17.0. The summed E-state index contributed by atoms with van der Waals surface area (Å²) in [5.41, 5.74) is 8.47. The molecule has 6 nitrogen and oxygen atoms in total. The number of rotatable bonds is 8. The molecule has 0 saturated heterocycles. The van der Waals surface area contributed by atoms with E-state index in [4.69, 9.17) is 15.2 Å². The van der Waals surface area contributed by atoms with Crippen LogP contribution in [0.4, 0.5) is 5.69 Å². The van der Waals surface area contributed by atoms with Crippen LogP contribution in [0.15, 0.2) is 66.7 Å². The second-order valence-electron chi connectivity index (χ2n) is 6.71. The molecule has 6 heteroatoms. The van der Waals surface area contributed by atoms with Crippen molar-refractivity contribution >= 4 is 17.5 Å². The monoisotopic (exact) mass is 404 g/mol. The summed E-state index contributed by atoms with van der Waals surface area (Å²) in [7, 11) is 0. The van der Waals surface area contributed by atoms with Gasteiger partial charge in [-0.2, -0.15) is 0 Å². The van der Waals surface area contributed by atoms with Gasteiger partial charge in [-0.1, -0.05) is 18.2 Å². The number of para-hydroxylation sites is 1. The third-order valence-electron chi connectivity index (χ3n) is 4.53. The lowest BCUT2D eigenvalue weighted by atomic mass is 10.1. The van der Waals surface area contributed by atoms with Crippen LogP contribution >= 0.6 is 0 Å². The molecule has 0 spiro atoms. The van der Waals surface area contributed by atoms with E-state index in [0.717, 1.165) is 16.9 Å². The Hall–Kier alpha value is -3.80. The Balaban J connectivity index is 1.77. The molecule has 2 amide bonds. The summed E-state index contributed by atoms with van der Waals surface area (Å²) < 4.78 is 11.6. The van der Waals surface area contributed by atoms with Gasteiger partial charge in [0.15, 0.2) is 0 Å². The molecule has 3 N–H and O–H groups in total. The number of anilines is 1. The second-order valence-corrected chi connectivity index (χ2v) is 6.71. The maximum absolute atomic E-state index is 12.7. The Morgan fingerprint density at radius 1 is 0.900 bits per heavy atom. The summed E-state index contributed by atoms with van der Waals surface area (Å²) >= 11 is 0. The highest BCUT2D eigenvalue weighted by Gasteiger charge is 2.12. The van der Waals surface area contributed by atoms with Crippen molar-refractivity contribution in [2.45, 2.75) is 20.5 Å². The molecule has 0 saturated carbocycles. The van der Waals surface area contributed by atoms with Gasteiger partial charge in [0.25, 0.3) is 5.91 Å². The van der Waals surface area contributed by atoms with Gasteiger partial charge in [-0.05, 0) is 67.9 Å². The first-order valence-corrected chi connectivity index (χ1v) is 9.63. The lowest BCUT2D eigenvalue weighted by molar-refractivity contribution is 0.0998. The van der Waals surface area contributed by atoms with Gasteiger partial charge in [0.2, 0.25) is 5.91 Å². The average molecular weight is 404 g/mol. The van der Waals surface area contributed by atoms with Gasteiger partial charge in [0, 0.05) is 22.4 Å². The number of hydrogen-bond acceptors (Lipinski definition) is 4. The maximum Gasteiger partial charge on any atom is 0.255 e. The van der Waals surface area contributed by atoms with E-state index in [-0.39, 0.29) is 12.5 Å². The zero-order valence-electron chi connectivity index (χ0n) is 17.0. The standard InChI is InChI=1S/C24H24N2O4/c1-3-29-22-13-10-18(14-19(22)15-30-21-7-5-4-6-16(21)2)24(28)26-20-11-8-17(9-12-20)23(25)27/h4-14H,3,15H2,1-2H3,(H2,25,27)(H,26,28). The SMILES string of the molecule is CCOc1ccc(C(=O)Nc2ccc(C(N)=O)cc2)cc1COc1ccccc1C. The van der Waals surface area contributed by atoms with E-state index in [2.05, 4.69) is 5.32 Å². The van der Waals surface area contributed by atoms with Crippen molar-refractivity contribution in [2.75, 3.05) is 11.9 Å². The van der Waals surface area contributed by atoms with Crippen molar-refractivity contribution < 1.29 is 19.1 Å². The lowest BCUT2D eigenvalue weighted by Crippen LogP contribution is -2.14. The molecule has 0 radical (unpaired) electrons. The van der Waals surface area contributed by atoms with Crippen LogP contribution in [0, 0.1) is 6.92 Å². The van der Waals surface area contributed by atoms with Gasteiger partial charge in [0.1, 0.15) is 18.1 Å². The Kier molecular flexibility index (Phi) is 6.70. The highest BCUT2D eigenvalue weighted by atomic mass is 16.5. The summed E-state index contributed by atoms with van der Waals surface area (Å²) in [4.78, 5) is 23.9. The minimum absolute atomic E-state index is 0.272. The van der Waals surface area contributed by atoms with Gasteiger partial charge < -0.3 is 20.5 Å². The fourth-order valence-corrected chi connectivity index (χ4v) is 2.92. The van der Waals surface area contributed by atoms with Crippen LogP contribution in [0.5, 0.6) is 11.5 Å². The Labute approximate surface area is 175 Å². The van der Waals surface area contributed by atoms with E-state index in [9.17, 15) is 9.59 Å². The lowest BCUT2D eigenvalue weighted by Gasteiger charge is -2.14. The van der Waals surface area contributed by atoms with Gasteiger partial charge in [0.05, 0.1) is 6.61 Å². The number of nitrogens with two attached hydrogens (primary N) is 1. The maximum atomic E-state index is 12.7. The second kappa shape index (κ2) is 9.60.